The highest BCUT2D eigenvalue weighted by atomic mass is 19.4. The zero-order valence-electron chi connectivity index (χ0n) is 23.2. The van der Waals surface area contributed by atoms with Crippen LogP contribution in [0.2, 0.25) is 0 Å². The van der Waals surface area contributed by atoms with Crippen molar-refractivity contribution in [2.24, 2.45) is 0 Å². The second-order valence-corrected chi connectivity index (χ2v) is 10.9. The van der Waals surface area contributed by atoms with Crippen molar-refractivity contribution in [2.45, 2.75) is 56.2 Å². The van der Waals surface area contributed by atoms with Crippen LogP contribution in [0.4, 0.5) is 36.4 Å². The lowest BCUT2D eigenvalue weighted by Crippen LogP contribution is -2.65. The lowest BCUT2D eigenvalue weighted by atomic mass is 9.75. The van der Waals surface area contributed by atoms with Gasteiger partial charge in [0.15, 0.2) is 5.78 Å². The molecule has 1 heterocycles. The molecule has 14 heteroatoms. The van der Waals surface area contributed by atoms with E-state index >= 15 is 0 Å². The Hall–Kier alpha value is -4.75. The topological polar surface area (TPSA) is 95.6 Å². The fraction of sp³-hybridized carbons (Fsp3) is 0.290. The van der Waals surface area contributed by atoms with E-state index in [9.17, 15) is 49.9 Å². The molecule has 236 valence electrons. The summed E-state index contributed by atoms with van der Waals surface area (Å²) >= 11 is 0. The van der Waals surface area contributed by atoms with Crippen LogP contribution in [0.15, 0.2) is 66.7 Å². The van der Waals surface area contributed by atoms with Gasteiger partial charge in [0.1, 0.15) is 17.4 Å². The highest BCUT2D eigenvalue weighted by Crippen LogP contribution is 2.38. The molecule has 0 aromatic heterocycles. The Morgan fingerprint density at radius 2 is 1.47 bits per heavy atom. The Balaban J connectivity index is 1.46. The number of Topliss-reactive ketones (excluding diaryl/α,β-unsaturated/α-hetero) is 1. The smallest absolute Gasteiger partial charge is 0.342 e. The molecule has 45 heavy (non-hydrogen) atoms. The van der Waals surface area contributed by atoms with Gasteiger partial charge in [-0.2, -0.15) is 26.3 Å². The van der Waals surface area contributed by atoms with Crippen molar-refractivity contribution in [2.75, 3.05) is 4.90 Å². The van der Waals surface area contributed by atoms with E-state index in [0.717, 1.165) is 17.0 Å². The molecule has 1 saturated carbocycles. The predicted octanol–water partition coefficient (Wildman–Crippen LogP) is 5.82. The van der Waals surface area contributed by atoms with Gasteiger partial charge in [-0.15, -0.1) is 0 Å². The summed E-state index contributed by atoms with van der Waals surface area (Å²) in [7, 11) is 0. The molecule has 0 bridgehead atoms. The Morgan fingerprint density at radius 1 is 0.867 bits per heavy atom. The maximum atomic E-state index is 13.9. The summed E-state index contributed by atoms with van der Waals surface area (Å²) in [5.74, 6) is -3.63. The van der Waals surface area contributed by atoms with E-state index in [4.69, 9.17) is 0 Å². The third-order valence-corrected chi connectivity index (χ3v) is 7.84. The molecule has 2 N–H and O–H groups in total. The van der Waals surface area contributed by atoms with E-state index in [1.54, 1.807) is 0 Å². The molecule has 0 spiro atoms. The Kier molecular flexibility index (Phi) is 8.19. The molecule has 1 aliphatic heterocycles. The maximum Gasteiger partial charge on any atom is 0.416 e. The second kappa shape index (κ2) is 11.6. The SMILES string of the molecule is O=C(NC1(C(=O)N[C@@H]2CC(=O)c3ccccc3N(Cc3cc(C(F)(F)F)cc(C(F)(F)F)c3)C2=O)CCC1)c1ccc(F)cc1. The Morgan fingerprint density at radius 3 is 2.02 bits per heavy atom. The number of anilines is 1. The summed E-state index contributed by atoms with van der Waals surface area (Å²) in [6, 6.07) is 9.52. The van der Waals surface area contributed by atoms with Crippen LogP contribution in [0.25, 0.3) is 0 Å². The van der Waals surface area contributed by atoms with Gasteiger partial charge < -0.3 is 15.5 Å². The van der Waals surface area contributed by atoms with E-state index in [1.165, 1.54) is 36.4 Å². The van der Waals surface area contributed by atoms with Crippen LogP contribution in [0.1, 0.15) is 63.1 Å². The van der Waals surface area contributed by atoms with Crippen molar-refractivity contribution in [1.29, 1.82) is 0 Å². The Bertz CT molecular complexity index is 1630. The lowest BCUT2D eigenvalue weighted by molar-refractivity contribution is -0.143. The number of carbonyl (C=O) groups is 4. The van der Waals surface area contributed by atoms with E-state index < -0.39 is 82.9 Å². The van der Waals surface area contributed by atoms with Crippen LogP contribution in [-0.4, -0.2) is 35.1 Å². The van der Waals surface area contributed by atoms with Crippen molar-refractivity contribution in [1.82, 2.24) is 10.6 Å². The minimum atomic E-state index is -5.13. The van der Waals surface area contributed by atoms with Gasteiger partial charge in [0.2, 0.25) is 11.8 Å². The predicted molar refractivity (Wildman–Crippen MR) is 145 cm³/mol. The first-order valence-corrected chi connectivity index (χ1v) is 13.7. The average molecular weight is 636 g/mol. The van der Waals surface area contributed by atoms with E-state index in [2.05, 4.69) is 10.6 Å². The van der Waals surface area contributed by atoms with E-state index in [0.29, 0.717) is 18.6 Å². The zero-order valence-corrected chi connectivity index (χ0v) is 23.2. The van der Waals surface area contributed by atoms with Gasteiger partial charge >= 0.3 is 12.4 Å². The normalized spacial score (nSPS) is 18.0. The van der Waals surface area contributed by atoms with Gasteiger partial charge in [-0.3, -0.25) is 19.2 Å². The number of benzene rings is 3. The highest BCUT2D eigenvalue weighted by Gasteiger charge is 2.48. The van der Waals surface area contributed by atoms with Gasteiger partial charge in [0.25, 0.3) is 5.91 Å². The average Bonchev–Trinajstić information content (AvgIpc) is 3.04. The van der Waals surface area contributed by atoms with Gasteiger partial charge in [0, 0.05) is 17.5 Å². The number of nitrogens with zero attached hydrogens (tertiary/aromatic N) is 1. The first kappa shape index (κ1) is 31.7. The number of ketones is 1. The molecule has 3 amide bonds. The standard InChI is InChI=1S/C31H24F7N3O4/c32-21-8-6-18(7-9-21)26(43)40-29(10-3-11-29)28(45)39-23-15-25(42)22-4-1-2-5-24(22)41(27(23)44)16-17-12-19(30(33,34)35)14-20(13-17)31(36,37)38/h1-2,4-9,12-14,23H,3,10-11,15-16H2,(H,39,45)(H,40,43)/t23-/m1/s1. The van der Waals surface area contributed by atoms with Gasteiger partial charge in [-0.1, -0.05) is 12.1 Å². The van der Waals surface area contributed by atoms with E-state index in [-0.39, 0.29) is 35.7 Å². The monoisotopic (exact) mass is 635 g/mol. The summed E-state index contributed by atoms with van der Waals surface area (Å²) in [6.45, 7) is -0.783. The largest absolute Gasteiger partial charge is 0.416 e. The molecule has 1 fully saturated rings. The number of amides is 3. The molecule has 2 aliphatic rings. The number of fused-ring (bicyclic) bond motifs is 1. The molecule has 1 atom stereocenters. The van der Waals surface area contributed by atoms with Crippen molar-refractivity contribution in [3.63, 3.8) is 0 Å². The quantitative estimate of drug-likeness (QED) is 0.334. The summed E-state index contributed by atoms with van der Waals surface area (Å²) in [5, 5.41) is 5.09. The van der Waals surface area contributed by atoms with Gasteiger partial charge in [0.05, 0.1) is 23.4 Å². The third kappa shape index (κ3) is 6.54. The summed E-state index contributed by atoms with van der Waals surface area (Å²) in [6.07, 6.45) is -9.93. The molecule has 0 radical (unpaired) electrons. The first-order valence-electron chi connectivity index (χ1n) is 13.7. The van der Waals surface area contributed by atoms with Gasteiger partial charge in [-0.25, -0.2) is 4.39 Å². The van der Waals surface area contributed by atoms with Gasteiger partial charge in [-0.05, 0) is 79.4 Å². The number of para-hydroxylation sites is 1. The molecule has 7 nitrogen and oxygen atoms in total. The zero-order chi connectivity index (χ0) is 32.7. The summed E-state index contributed by atoms with van der Waals surface area (Å²) < 4.78 is 94.5. The fourth-order valence-electron chi connectivity index (χ4n) is 5.33. The molecule has 3 aromatic carbocycles. The van der Waals surface area contributed by atoms with Crippen molar-refractivity contribution in [3.8, 4) is 0 Å². The number of halogens is 7. The lowest BCUT2D eigenvalue weighted by Gasteiger charge is -2.41. The van der Waals surface area contributed by atoms with Crippen LogP contribution in [-0.2, 0) is 28.5 Å². The number of carbonyl (C=O) groups excluding carboxylic acids is 4. The van der Waals surface area contributed by atoms with Crippen molar-refractivity contribution < 1.29 is 49.9 Å². The molecule has 0 saturated heterocycles. The molecule has 1 aliphatic carbocycles. The minimum Gasteiger partial charge on any atom is -0.342 e. The van der Waals surface area contributed by atoms with Crippen molar-refractivity contribution >= 4 is 29.2 Å². The number of rotatable bonds is 6. The van der Waals surface area contributed by atoms with E-state index in [1.807, 2.05) is 0 Å². The molecule has 0 unspecified atom stereocenters. The molecular weight excluding hydrogens is 611 g/mol. The number of hydrogen-bond acceptors (Lipinski definition) is 4. The Labute approximate surface area is 251 Å². The molecule has 3 aromatic rings. The third-order valence-electron chi connectivity index (χ3n) is 7.84. The van der Waals surface area contributed by atoms with Crippen LogP contribution in [0.5, 0.6) is 0 Å². The van der Waals surface area contributed by atoms with Crippen LogP contribution in [0.3, 0.4) is 0 Å². The molecular formula is C31H24F7N3O4. The maximum absolute atomic E-state index is 13.9. The van der Waals surface area contributed by atoms with Crippen LogP contribution >= 0.6 is 0 Å². The molecule has 5 rings (SSSR count). The van der Waals surface area contributed by atoms with Crippen molar-refractivity contribution in [3.05, 3.63) is 100 Å². The second-order valence-electron chi connectivity index (χ2n) is 10.9. The number of alkyl halides is 6. The van der Waals surface area contributed by atoms with Crippen LogP contribution in [0, 0.1) is 5.82 Å². The first-order chi connectivity index (χ1) is 21.1. The summed E-state index contributed by atoms with van der Waals surface area (Å²) in [5.41, 5.74) is -5.15. The van der Waals surface area contributed by atoms with Crippen LogP contribution < -0.4 is 15.5 Å². The number of hydrogen-bond donors (Lipinski definition) is 2. The highest BCUT2D eigenvalue weighted by molar-refractivity contribution is 6.13. The fourth-order valence-corrected chi connectivity index (χ4v) is 5.33. The number of nitrogens with one attached hydrogen (secondary N) is 2. The minimum absolute atomic E-state index is 0.0198. The summed E-state index contributed by atoms with van der Waals surface area (Å²) in [4.78, 5) is 54.3.